The highest BCUT2D eigenvalue weighted by molar-refractivity contribution is 5.94. The first kappa shape index (κ1) is 15.4. The van der Waals surface area contributed by atoms with Gasteiger partial charge in [-0.3, -0.25) is 9.59 Å². The molecule has 0 atom stereocenters. The lowest BCUT2D eigenvalue weighted by Crippen LogP contribution is -2.37. The van der Waals surface area contributed by atoms with E-state index in [9.17, 15) is 23.5 Å². The summed E-state index contributed by atoms with van der Waals surface area (Å²) < 4.78 is 26.5. The van der Waals surface area contributed by atoms with Crippen LogP contribution in [-0.2, 0) is 9.59 Å². The third-order valence-corrected chi connectivity index (χ3v) is 3.97. The number of carbonyl (C=O) groups excluding carboxylic acids is 1. The van der Waals surface area contributed by atoms with E-state index in [1.54, 1.807) is 0 Å². The zero-order valence-electron chi connectivity index (χ0n) is 11.5. The van der Waals surface area contributed by atoms with Crippen LogP contribution in [0.15, 0.2) is 18.2 Å². The van der Waals surface area contributed by atoms with Gasteiger partial charge in [-0.2, -0.15) is 0 Å². The van der Waals surface area contributed by atoms with Crippen LogP contribution in [-0.4, -0.2) is 17.0 Å². The fourth-order valence-electron chi connectivity index (χ4n) is 2.79. The molecule has 0 aliphatic heterocycles. The molecule has 1 aliphatic carbocycles. The molecule has 1 saturated carbocycles. The molecule has 2 N–H and O–H groups in total. The second kappa shape index (κ2) is 6.20. The normalized spacial score (nSPS) is 17.2. The van der Waals surface area contributed by atoms with Crippen LogP contribution in [0.3, 0.4) is 0 Å². The Balaban J connectivity index is 2.09. The topological polar surface area (TPSA) is 66.4 Å². The Morgan fingerprint density at radius 2 is 1.86 bits per heavy atom. The van der Waals surface area contributed by atoms with Crippen LogP contribution in [0.5, 0.6) is 0 Å². The number of nitrogens with one attached hydrogen (secondary N) is 1. The molecule has 21 heavy (non-hydrogen) atoms. The molecule has 2 rings (SSSR count). The summed E-state index contributed by atoms with van der Waals surface area (Å²) in [5, 5.41) is 11.6. The summed E-state index contributed by atoms with van der Waals surface area (Å²) >= 11 is 0. The van der Waals surface area contributed by atoms with Gasteiger partial charge in [-0.25, -0.2) is 8.78 Å². The van der Waals surface area contributed by atoms with Gasteiger partial charge in [-0.05, 0) is 25.0 Å². The van der Waals surface area contributed by atoms with Crippen molar-refractivity contribution < 1.29 is 23.5 Å². The van der Waals surface area contributed by atoms with Gasteiger partial charge in [-0.1, -0.05) is 19.3 Å². The Morgan fingerprint density at radius 1 is 1.19 bits per heavy atom. The van der Waals surface area contributed by atoms with Crippen LogP contribution in [0.4, 0.5) is 14.5 Å². The molecule has 1 fully saturated rings. The van der Waals surface area contributed by atoms with Gasteiger partial charge < -0.3 is 10.4 Å². The number of hydrogen-bond donors (Lipinski definition) is 2. The van der Waals surface area contributed by atoms with Crippen LogP contribution in [0.2, 0.25) is 0 Å². The minimum absolute atomic E-state index is 0.224. The van der Waals surface area contributed by atoms with Crippen molar-refractivity contribution in [1.29, 1.82) is 0 Å². The highest BCUT2D eigenvalue weighted by Crippen LogP contribution is 2.39. The second-order valence-electron chi connectivity index (χ2n) is 5.50. The molecule has 1 aromatic rings. The lowest BCUT2D eigenvalue weighted by molar-refractivity contribution is -0.153. The lowest BCUT2D eigenvalue weighted by Gasteiger charge is -2.32. The van der Waals surface area contributed by atoms with Gasteiger partial charge in [0.25, 0.3) is 0 Å². The van der Waals surface area contributed by atoms with Gasteiger partial charge in [0.05, 0.1) is 11.1 Å². The summed E-state index contributed by atoms with van der Waals surface area (Å²) in [6, 6.07) is 2.74. The number of benzene rings is 1. The van der Waals surface area contributed by atoms with E-state index in [0.29, 0.717) is 12.8 Å². The molecule has 0 heterocycles. The molecule has 4 nitrogen and oxygen atoms in total. The van der Waals surface area contributed by atoms with Gasteiger partial charge in [0, 0.05) is 12.5 Å². The molecule has 6 heteroatoms. The van der Waals surface area contributed by atoms with Crippen LogP contribution in [0, 0.1) is 17.0 Å². The van der Waals surface area contributed by atoms with E-state index in [1.165, 1.54) is 0 Å². The third-order valence-electron chi connectivity index (χ3n) is 3.97. The maximum absolute atomic E-state index is 13.5. The number of carboxylic acid groups (broad SMARTS) is 1. The van der Waals surface area contributed by atoms with E-state index in [-0.39, 0.29) is 12.1 Å². The molecule has 1 amide bonds. The summed E-state index contributed by atoms with van der Waals surface area (Å²) in [5.41, 5.74) is -1.36. The number of anilines is 1. The van der Waals surface area contributed by atoms with Gasteiger partial charge >= 0.3 is 5.97 Å². The SMILES string of the molecule is O=C(CC1(C(=O)O)CCCCC1)Nc1cc(F)ccc1F. The van der Waals surface area contributed by atoms with Gasteiger partial charge in [0.2, 0.25) is 5.91 Å². The Bertz CT molecular complexity index is 554. The van der Waals surface area contributed by atoms with Crippen molar-refractivity contribution in [3.8, 4) is 0 Å². The summed E-state index contributed by atoms with van der Waals surface area (Å²) in [5.74, 6) is -3.03. The molecule has 0 unspecified atom stereocenters. The predicted octanol–water partition coefficient (Wildman–Crippen LogP) is 3.33. The highest BCUT2D eigenvalue weighted by Gasteiger charge is 2.41. The van der Waals surface area contributed by atoms with E-state index >= 15 is 0 Å². The molecule has 0 spiro atoms. The Hall–Kier alpha value is -1.98. The van der Waals surface area contributed by atoms with Crippen molar-refractivity contribution >= 4 is 17.6 Å². The van der Waals surface area contributed by atoms with Crippen molar-refractivity contribution in [3.63, 3.8) is 0 Å². The van der Waals surface area contributed by atoms with Crippen molar-refractivity contribution in [2.24, 2.45) is 5.41 Å². The molecular weight excluding hydrogens is 280 g/mol. The number of aliphatic carboxylic acids is 1. The zero-order valence-corrected chi connectivity index (χ0v) is 11.5. The monoisotopic (exact) mass is 297 g/mol. The average molecular weight is 297 g/mol. The zero-order chi connectivity index (χ0) is 15.5. The molecule has 0 saturated heterocycles. The number of hydrogen-bond acceptors (Lipinski definition) is 2. The summed E-state index contributed by atoms with van der Waals surface area (Å²) in [7, 11) is 0. The molecule has 0 aromatic heterocycles. The van der Waals surface area contributed by atoms with E-state index < -0.39 is 28.9 Å². The largest absolute Gasteiger partial charge is 0.481 e. The van der Waals surface area contributed by atoms with Crippen LogP contribution in [0.1, 0.15) is 38.5 Å². The van der Waals surface area contributed by atoms with Crippen LogP contribution >= 0.6 is 0 Å². The first-order valence-electron chi connectivity index (χ1n) is 6.91. The molecular formula is C15H17F2NO3. The van der Waals surface area contributed by atoms with Crippen molar-refractivity contribution in [3.05, 3.63) is 29.8 Å². The van der Waals surface area contributed by atoms with Crippen LogP contribution in [0.25, 0.3) is 0 Å². The average Bonchev–Trinajstić information content (AvgIpc) is 2.43. The quantitative estimate of drug-likeness (QED) is 0.895. The van der Waals surface area contributed by atoms with Gasteiger partial charge in [0.1, 0.15) is 11.6 Å². The van der Waals surface area contributed by atoms with Crippen molar-refractivity contribution in [2.75, 3.05) is 5.32 Å². The number of carbonyl (C=O) groups is 2. The molecule has 1 aliphatic rings. The predicted molar refractivity (Wildman–Crippen MR) is 72.8 cm³/mol. The van der Waals surface area contributed by atoms with E-state index in [0.717, 1.165) is 37.5 Å². The number of carboxylic acids is 1. The first-order chi connectivity index (χ1) is 9.93. The lowest BCUT2D eigenvalue weighted by atomic mass is 9.71. The summed E-state index contributed by atoms with van der Waals surface area (Å²) in [4.78, 5) is 23.5. The molecule has 0 bridgehead atoms. The van der Waals surface area contributed by atoms with E-state index in [1.807, 2.05) is 0 Å². The van der Waals surface area contributed by atoms with E-state index in [2.05, 4.69) is 5.32 Å². The fourth-order valence-corrected chi connectivity index (χ4v) is 2.79. The number of halogens is 2. The minimum Gasteiger partial charge on any atom is -0.481 e. The Labute approximate surface area is 121 Å². The maximum atomic E-state index is 13.5. The number of rotatable bonds is 4. The van der Waals surface area contributed by atoms with Gasteiger partial charge in [0.15, 0.2) is 0 Å². The third kappa shape index (κ3) is 3.56. The fraction of sp³-hybridized carbons (Fsp3) is 0.467. The van der Waals surface area contributed by atoms with Gasteiger partial charge in [-0.15, -0.1) is 0 Å². The summed E-state index contributed by atoms with van der Waals surface area (Å²) in [6.07, 6.45) is 3.11. The van der Waals surface area contributed by atoms with Crippen molar-refractivity contribution in [2.45, 2.75) is 38.5 Å². The number of amides is 1. The van der Waals surface area contributed by atoms with Crippen molar-refractivity contribution in [1.82, 2.24) is 0 Å². The second-order valence-corrected chi connectivity index (χ2v) is 5.50. The maximum Gasteiger partial charge on any atom is 0.310 e. The minimum atomic E-state index is -1.09. The Morgan fingerprint density at radius 3 is 2.48 bits per heavy atom. The standard InChI is InChI=1S/C15H17F2NO3/c16-10-4-5-11(17)12(8-10)18-13(19)9-15(14(20)21)6-2-1-3-7-15/h4-5,8H,1-3,6-7,9H2,(H,18,19)(H,20,21). The van der Waals surface area contributed by atoms with E-state index in [4.69, 9.17) is 0 Å². The highest BCUT2D eigenvalue weighted by atomic mass is 19.1. The summed E-state index contributed by atoms with van der Waals surface area (Å²) in [6.45, 7) is 0. The first-order valence-corrected chi connectivity index (χ1v) is 6.91. The van der Waals surface area contributed by atoms with Crippen LogP contribution < -0.4 is 5.32 Å². The Kier molecular flexibility index (Phi) is 4.55. The molecule has 114 valence electrons. The smallest absolute Gasteiger partial charge is 0.310 e. The molecule has 0 radical (unpaired) electrons. The molecule has 1 aromatic carbocycles.